The van der Waals surface area contributed by atoms with Crippen molar-refractivity contribution in [1.82, 2.24) is 0 Å². The normalized spacial score (nSPS) is 14.9. The number of carbonyl (C=O) groups excluding carboxylic acids is 2. The van der Waals surface area contributed by atoms with E-state index in [2.05, 4.69) is 13.2 Å². The summed E-state index contributed by atoms with van der Waals surface area (Å²) in [5, 5.41) is 0. The van der Waals surface area contributed by atoms with Gasteiger partial charge in [0.15, 0.2) is 0 Å². The van der Waals surface area contributed by atoms with Gasteiger partial charge in [-0.05, 0) is 31.6 Å². The minimum absolute atomic E-state index is 0.130. The Bertz CT molecular complexity index is 333. The molecule has 0 aromatic rings. The van der Waals surface area contributed by atoms with Crippen LogP contribution in [0.15, 0.2) is 25.3 Å². The predicted molar refractivity (Wildman–Crippen MR) is 82.1 cm³/mol. The molecule has 0 amide bonds. The molecule has 3 unspecified atom stereocenters. The largest absolute Gasteiger partial charge is 0.393 e. The van der Waals surface area contributed by atoms with Gasteiger partial charge in [-0.25, -0.2) is 0 Å². The summed E-state index contributed by atoms with van der Waals surface area (Å²) in [5.41, 5.74) is 0. The van der Waals surface area contributed by atoms with Gasteiger partial charge >= 0.3 is 11.9 Å². The first-order valence-electron chi connectivity index (χ1n) is 7.45. The number of rotatable bonds is 10. The molecular formula is C17H28O3. The van der Waals surface area contributed by atoms with Gasteiger partial charge in [0, 0.05) is 0 Å². The maximum absolute atomic E-state index is 12.0. The van der Waals surface area contributed by atoms with Crippen LogP contribution in [0.3, 0.4) is 0 Å². The van der Waals surface area contributed by atoms with Crippen molar-refractivity contribution < 1.29 is 14.3 Å². The van der Waals surface area contributed by atoms with Gasteiger partial charge in [-0.2, -0.15) is 0 Å². The van der Waals surface area contributed by atoms with E-state index in [4.69, 9.17) is 4.74 Å². The highest BCUT2D eigenvalue weighted by Gasteiger charge is 2.26. The molecule has 0 aromatic heterocycles. The predicted octanol–water partition coefficient (Wildman–Crippen LogP) is 4.29. The van der Waals surface area contributed by atoms with Gasteiger partial charge in [-0.3, -0.25) is 9.59 Å². The van der Waals surface area contributed by atoms with E-state index in [0.29, 0.717) is 6.42 Å². The monoisotopic (exact) mass is 280 g/mol. The second-order valence-corrected chi connectivity index (χ2v) is 5.38. The van der Waals surface area contributed by atoms with Gasteiger partial charge in [0.05, 0.1) is 11.8 Å². The second kappa shape index (κ2) is 10.4. The van der Waals surface area contributed by atoms with Crippen molar-refractivity contribution in [3.05, 3.63) is 25.3 Å². The van der Waals surface area contributed by atoms with Crippen LogP contribution in [0.5, 0.6) is 0 Å². The summed E-state index contributed by atoms with van der Waals surface area (Å²) >= 11 is 0. The van der Waals surface area contributed by atoms with Crippen LogP contribution in [0.2, 0.25) is 0 Å². The third-order valence-electron chi connectivity index (χ3n) is 3.65. The molecule has 0 N–H and O–H groups in total. The van der Waals surface area contributed by atoms with E-state index >= 15 is 0 Å². The number of hydrogen-bond donors (Lipinski definition) is 0. The summed E-state index contributed by atoms with van der Waals surface area (Å²) in [5.74, 6) is -1.19. The van der Waals surface area contributed by atoms with Crippen LogP contribution in [0.4, 0.5) is 0 Å². The molecule has 0 heterocycles. The minimum Gasteiger partial charge on any atom is -0.393 e. The first-order chi connectivity index (χ1) is 9.47. The van der Waals surface area contributed by atoms with E-state index < -0.39 is 11.9 Å². The first kappa shape index (κ1) is 18.6. The van der Waals surface area contributed by atoms with Crippen molar-refractivity contribution in [2.24, 2.45) is 17.8 Å². The number of allylic oxidation sites excluding steroid dienone is 2. The fourth-order valence-electron chi connectivity index (χ4n) is 2.02. The molecule has 0 aliphatic carbocycles. The van der Waals surface area contributed by atoms with Gasteiger partial charge in [0.2, 0.25) is 0 Å². The molecule has 20 heavy (non-hydrogen) atoms. The van der Waals surface area contributed by atoms with Crippen molar-refractivity contribution in [2.75, 3.05) is 0 Å². The number of esters is 2. The van der Waals surface area contributed by atoms with Crippen LogP contribution in [-0.2, 0) is 14.3 Å². The van der Waals surface area contributed by atoms with Crippen molar-refractivity contribution in [3.63, 3.8) is 0 Å². The summed E-state index contributed by atoms with van der Waals surface area (Å²) in [6, 6.07) is 0. The highest BCUT2D eigenvalue weighted by atomic mass is 16.6. The summed E-state index contributed by atoms with van der Waals surface area (Å²) < 4.78 is 5.04. The molecule has 114 valence electrons. The zero-order chi connectivity index (χ0) is 15.5. The lowest BCUT2D eigenvalue weighted by atomic mass is 9.93. The lowest BCUT2D eigenvalue weighted by molar-refractivity contribution is -0.166. The Balaban J connectivity index is 4.49. The number of hydrogen-bond acceptors (Lipinski definition) is 3. The van der Waals surface area contributed by atoms with E-state index in [9.17, 15) is 9.59 Å². The molecule has 0 rings (SSSR count). The molecule has 3 atom stereocenters. The first-order valence-corrected chi connectivity index (χ1v) is 7.45. The van der Waals surface area contributed by atoms with E-state index in [-0.39, 0.29) is 17.8 Å². The number of ether oxygens (including phenoxy) is 1. The van der Waals surface area contributed by atoms with Crippen LogP contribution >= 0.6 is 0 Å². The van der Waals surface area contributed by atoms with E-state index in [0.717, 1.165) is 25.7 Å². The minimum atomic E-state index is -0.427. The van der Waals surface area contributed by atoms with Gasteiger partial charge in [0.25, 0.3) is 0 Å². The van der Waals surface area contributed by atoms with Crippen LogP contribution in [0.25, 0.3) is 0 Å². The highest BCUT2D eigenvalue weighted by molar-refractivity contribution is 5.87. The van der Waals surface area contributed by atoms with Gasteiger partial charge in [-0.1, -0.05) is 39.3 Å². The Morgan fingerprint density at radius 2 is 1.75 bits per heavy atom. The summed E-state index contributed by atoms with van der Waals surface area (Å²) in [4.78, 5) is 24.0. The van der Waals surface area contributed by atoms with Crippen LogP contribution in [0.1, 0.15) is 52.9 Å². The fraction of sp³-hybridized carbons (Fsp3) is 0.647. The maximum Gasteiger partial charge on any atom is 0.316 e. The average molecular weight is 280 g/mol. The van der Waals surface area contributed by atoms with E-state index in [1.807, 2.05) is 13.8 Å². The smallest absolute Gasteiger partial charge is 0.316 e. The van der Waals surface area contributed by atoms with Crippen LogP contribution < -0.4 is 0 Å². The van der Waals surface area contributed by atoms with Crippen molar-refractivity contribution >= 4 is 11.9 Å². The Hall–Kier alpha value is -1.38. The highest BCUT2D eigenvalue weighted by Crippen LogP contribution is 2.20. The molecular weight excluding hydrogens is 252 g/mol. The standard InChI is InChI=1S/C17H28O3/c1-6-9-12-15(11-8-3)17(19)20-16(18)14(5)13(4)10-7-2/h6-7,13-15H,1-2,8-12H2,3-5H3. The average Bonchev–Trinajstić information content (AvgIpc) is 2.42. The fourth-order valence-corrected chi connectivity index (χ4v) is 2.02. The third-order valence-corrected chi connectivity index (χ3v) is 3.65. The zero-order valence-corrected chi connectivity index (χ0v) is 13.1. The summed E-state index contributed by atoms with van der Waals surface area (Å²) in [6.07, 6.45) is 7.40. The summed E-state index contributed by atoms with van der Waals surface area (Å²) in [7, 11) is 0. The van der Waals surface area contributed by atoms with Gasteiger partial charge in [0.1, 0.15) is 0 Å². The molecule has 0 saturated heterocycles. The van der Waals surface area contributed by atoms with Crippen LogP contribution in [-0.4, -0.2) is 11.9 Å². The molecule has 3 nitrogen and oxygen atoms in total. The van der Waals surface area contributed by atoms with E-state index in [1.165, 1.54) is 0 Å². The van der Waals surface area contributed by atoms with Crippen molar-refractivity contribution in [3.8, 4) is 0 Å². The maximum atomic E-state index is 12.0. The van der Waals surface area contributed by atoms with Gasteiger partial charge in [-0.15, -0.1) is 13.2 Å². The quantitative estimate of drug-likeness (QED) is 0.340. The third kappa shape index (κ3) is 6.69. The molecule has 0 radical (unpaired) electrons. The Morgan fingerprint density at radius 3 is 2.25 bits per heavy atom. The molecule has 0 aliphatic rings. The van der Waals surface area contributed by atoms with E-state index in [1.54, 1.807) is 19.1 Å². The molecule has 3 heteroatoms. The Morgan fingerprint density at radius 1 is 1.10 bits per heavy atom. The zero-order valence-electron chi connectivity index (χ0n) is 13.1. The SMILES string of the molecule is C=CCCC(CCC)C(=O)OC(=O)C(C)C(C)CC=C. The second-order valence-electron chi connectivity index (χ2n) is 5.38. The lowest BCUT2D eigenvalue weighted by Gasteiger charge is -2.19. The molecule has 0 spiro atoms. The van der Waals surface area contributed by atoms with Crippen LogP contribution in [0, 0.1) is 17.8 Å². The Kier molecular flexibility index (Phi) is 9.69. The lowest BCUT2D eigenvalue weighted by Crippen LogP contribution is -2.27. The van der Waals surface area contributed by atoms with Crippen molar-refractivity contribution in [1.29, 1.82) is 0 Å². The van der Waals surface area contributed by atoms with Gasteiger partial charge < -0.3 is 4.74 Å². The topological polar surface area (TPSA) is 43.4 Å². The molecule has 0 saturated carbocycles. The van der Waals surface area contributed by atoms with Crippen molar-refractivity contribution in [2.45, 2.75) is 52.9 Å². The molecule has 0 aliphatic heterocycles. The summed E-state index contributed by atoms with van der Waals surface area (Å²) in [6.45, 7) is 13.1. The molecule has 0 fully saturated rings. The number of carbonyl (C=O) groups is 2. The molecule has 0 bridgehead atoms. The Labute approximate surface area is 123 Å². The molecule has 0 aromatic carbocycles.